The van der Waals surface area contributed by atoms with Crippen molar-refractivity contribution >= 4 is 29.3 Å². The average Bonchev–Trinajstić information content (AvgIpc) is 2.38. The highest BCUT2D eigenvalue weighted by Gasteiger charge is 2.13. The summed E-state index contributed by atoms with van der Waals surface area (Å²) in [5, 5.41) is 9.25. The number of aliphatic carboxylic acids is 1. The van der Waals surface area contributed by atoms with Crippen LogP contribution >= 0.6 is 11.6 Å². The van der Waals surface area contributed by atoms with Gasteiger partial charge in [-0.2, -0.15) is 0 Å². The van der Waals surface area contributed by atoms with Crippen molar-refractivity contribution in [3.63, 3.8) is 0 Å². The standard InChI is InChI=1S/C15H20ClNO2/c1-4-11(3)17(5-2)14-8-6-12(10-13(14)16)7-9-15(18)19/h6-11H,4-5H2,1-3H3,(H,18,19)/b9-7+. The molecule has 104 valence electrons. The van der Waals surface area contributed by atoms with Crippen molar-refractivity contribution in [1.82, 2.24) is 0 Å². The van der Waals surface area contributed by atoms with Gasteiger partial charge in [-0.15, -0.1) is 0 Å². The Morgan fingerprint density at radius 2 is 2.16 bits per heavy atom. The zero-order chi connectivity index (χ0) is 14.4. The van der Waals surface area contributed by atoms with Gasteiger partial charge in [0, 0.05) is 18.7 Å². The largest absolute Gasteiger partial charge is 0.478 e. The third kappa shape index (κ3) is 4.28. The monoisotopic (exact) mass is 281 g/mol. The molecule has 19 heavy (non-hydrogen) atoms. The van der Waals surface area contributed by atoms with Gasteiger partial charge < -0.3 is 10.0 Å². The molecule has 0 fully saturated rings. The maximum Gasteiger partial charge on any atom is 0.328 e. The zero-order valence-electron chi connectivity index (χ0n) is 11.6. The number of hydrogen-bond donors (Lipinski definition) is 1. The minimum Gasteiger partial charge on any atom is -0.478 e. The van der Waals surface area contributed by atoms with E-state index < -0.39 is 5.97 Å². The molecule has 0 aliphatic carbocycles. The summed E-state index contributed by atoms with van der Waals surface area (Å²) >= 11 is 6.30. The maximum atomic E-state index is 10.5. The van der Waals surface area contributed by atoms with Crippen LogP contribution in [0.4, 0.5) is 5.69 Å². The molecule has 0 radical (unpaired) electrons. The number of halogens is 1. The third-order valence-electron chi connectivity index (χ3n) is 3.16. The summed E-state index contributed by atoms with van der Waals surface area (Å²) in [6.45, 7) is 7.29. The average molecular weight is 282 g/mol. The topological polar surface area (TPSA) is 40.5 Å². The van der Waals surface area contributed by atoms with Crippen molar-refractivity contribution in [1.29, 1.82) is 0 Å². The van der Waals surface area contributed by atoms with Gasteiger partial charge in [0.05, 0.1) is 10.7 Å². The van der Waals surface area contributed by atoms with Gasteiger partial charge in [0.1, 0.15) is 0 Å². The number of nitrogens with zero attached hydrogens (tertiary/aromatic N) is 1. The Morgan fingerprint density at radius 1 is 1.47 bits per heavy atom. The zero-order valence-corrected chi connectivity index (χ0v) is 12.3. The van der Waals surface area contributed by atoms with Crippen molar-refractivity contribution in [3.8, 4) is 0 Å². The van der Waals surface area contributed by atoms with Crippen LogP contribution < -0.4 is 4.90 Å². The fourth-order valence-corrected chi connectivity index (χ4v) is 2.26. The van der Waals surface area contributed by atoms with Crippen LogP contribution in [0.15, 0.2) is 24.3 Å². The molecule has 0 heterocycles. The molecule has 1 atom stereocenters. The number of carboxylic acid groups (broad SMARTS) is 1. The van der Waals surface area contributed by atoms with E-state index >= 15 is 0 Å². The van der Waals surface area contributed by atoms with Crippen LogP contribution in [-0.2, 0) is 4.79 Å². The normalized spacial score (nSPS) is 12.6. The second kappa shape index (κ2) is 7.19. The molecule has 0 aliphatic heterocycles. The molecule has 1 N–H and O–H groups in total. The fraction of sp³-hybridized carbons (Fsp3) is 0.400. The summed E-state index contributed by atoms with van der Waals surface area (Å²) in [6, 6.07) is 6.04. The van der Waals surface area contributed by atoms with Crippen LogP contribution in [0, 0.1) is 0 Å². The van der Waals surface area contributed by atoms with Gasteiger partial charge in [-0.3, -0.25) is 0 Å². The molecule has 0 spiro atoms. The third-order valence-corrected chi connectivity index (χ3v) is 3.47. The number of hydrogen-bond acceptors (Lipinski definition) is 2. The van der Waals surface area contributed by atoms with Gasteiger partial charge >= 0.3 is 5.97 Å². The molecule has 0 amide bonds. The van der Waals surface area contributed by atoms with Gasteiger partial charge in [-0.1, -0.05) is 24.6 Å². The molecule has 0 saturated heterocycles. The predicted molar refractivity (Wildman–Crippen MR) is 80.9 cm³/mol. The Kier molecular flexibility index (Phi) is 5.90. The van der Waals surface area contributed by atoms with E-state index in [2.05, 4.69) is 25.7 Å². The lowest BCUT2D eigenvalue weighted by Gasteiger charge is -2.30. The second-order valence-corrected chi connectivity index (χ2v) is 4.83. The van der Waals surface area contributed by atoms with E-state index in [0.717, 1.165) is 30.3 Å². The summed E-state index contributed by atoms with van der Waals surface area (Å²) in [5.41, 5.74) is 1.78. The highest BCUT2D eigenvalue weighted by Crippen LogP contribution is 2.29. The molecule has 1 rings (SSSR count). The molecule has 0 bridgehead atoms. The molecule has 0 aromatic heterocycles. The van der Waals surface area contributed by atoms with E-state index in [-0.39, 0.29) is 0 Å². The van der Waals surface area contributed by atoms with Gasteiger partial charge in [-0.25, -0.2) is 4.79 Å². The van der Waals surface area contributed by atoms with Crippen LogP contribution in [0.1, 0.15) is 32.8 Å². The first kappa shape index (κ1) is 15.6. The molecule has 1 aromatic rings. The Morgan fingerprint density at radius 3 is 2.63 bits per heavy atom. The van der Waals surface area contributed by atoms with Crippen LogP contribution in [0.2, 0.25) is 5.02 Å². The van der Waals surface area contributed by atoms with Crippen LogP contribution in [0.3, 0.4) is 0 Å². The molecular weight excluding hydrogens is 262 g/mol. The van der Waals surface area contributed by atoms with Crippen molar-refractivity contribution in [2.75, 3.05) is 11.4 Å². The van der Waals surface area contributed by atoms with E-state index in [4.69, 9.17) is 16.7 Å². The van der Waals surface area contributed by atoms with E-state index in [0.29, 0.717) is 11.1 Å². The SMILES string of the molecule is CCC(C)N(CC)c1ccc(/C=C/C(=O)O)cc1Cl. The first-order valence-electron chi connectivity index (χ1n) is 6.46. The molecular formula is C15H20ClNO2. The first-order valence-corrected chi connectivity index (χ1v) is 6.84. The lowest BCUT2D eigenvalue weighted by molar-refractivity contribution is -0.131. The quantitative estimate of drug-likeness (QED) is 0.799. The number of carbonyl (C=O) groups is 1. The van der Waals surface area contributed by atoms with Crippen molar-refractivity contribution < 1.29 is 9.90 Å². The summed E-state index contributed by atoms with van der Waals surface area (Å²) in [4.78, 5) is 12.7. The van der Waals surface area contributed by atoms with Crippen LogP contribution in [0.25, 0.3) is 6.08 Å². The Balaban J connectivity index is 3.02. The van der Waals surface area contributed by atoms with Crippen LogP contribution in [0.5, 0.6) is 0 Å². The summed E-state index contributed by atoms with van der Waals surface area (Å²) < 4.78 is 0. The van der Waals surface area contributed by atoms with Crippen molar-refractivity contribution in [2.45, 2.75) is 33.2 Å². The molecule has 1 aromatic carbocycles. The Hall–Kier alpha value is -1.48. The Labute approximate surface area is 119 Å². The van der Waals surface area contributed by atoms with Gasteiger partial charge in [0.25, 0.3) is 0 Å². The number of benzene rings is 1. The summed E-state index contributed by atoms with van der Waals surface area (Å²) in [6.07, 6.45) is 3.69. The van der Waals surface area contributed by atoms with Crippen molar-refractivity contribution in [3.05, 3.63) is 34.9 Å². The van der Waals surface area contributed by atoms with E-state index in [9.17, 15) is 4.79 Å². The number of carboxylic acids is 1. The van der Waals surface area contributed by atoms with Gasteiger partial charge in [0.15, 0.2) is 0 Å². The molecule has 0 aliphatic rings. The minimum atomic E-state index is -0.963. The Bertz CT molecular complexity index is 471. The fourth-order valence-electron chi connectivity index (χ4n) is 1.97. The van der Waals surface area contributed by atoms with E-state index in [1.54, 1.807) is 6.07 Å². The number of anilines is 1. The minimum absolute atomic E-state index is 0.419. The first-order chi connectivity index (χ1) is 8.99. The van der Waals surface area contributed by atoms with Crippen molar-refractivity contribution in [2.24, 2.45) is 0 Å². The molecule has 0 saturated carbocycles. The number of rotatable bonds is 6. The van der Waals surface area contributed by atoms with Crippen LogP contribution in [-0.4, -0.2) is 23.7 Å². The molecule has 3 nitrogen and oxygen atoms in total. The predicted octanol–water partition coefficient (Wildman–Crippen LogP) is 4.06. The maximum absolute atomic E-state index is 10.5. The smallest absolute Gasteiger partial charge is 0.328 e. The lowest BCUT2D eigenvalue weighted by Crippen LogP contribution is -2.32. The molecule has 1 unspecified atom stereocenters. The summed E-state index contributed by atoms with van der Waals surface area (Å²) in [7, 11) is 0. The summed E-state index contributed by atoms with van der Waals surface area (Å²) in [5.74, 6) is -0.963. The van der Waals surface area contributed by atoms with E-state index in [1.165, 1.54) is 6.08 Å². The lowest BCUT2D eigenvalue weighted by atomic mass is 10.1. The highest BCUT2D eigenvalue weighted by atomic mass is 35.5. The highest BCUT2D eigenvalue weighted by molar-refractivity contribution is 6.33. The molecule has 4 heteroatoms. The van der Waals surface area contributed by atoms with Gasteiger partial charge in [0.2, 0.25) is 0 Å². The second-order valence-electron chi connectivity index (χ2n) is 4.43. The van der Waals surface area contributed by atoms with Gasteiger partial charge in [-0.05, 0) is 44.0 Å². The van der Waals surface area contributed by atoms with E-state index in [1.807, 2.05) is 12.1 Å².